The number of carbonyl (C=O) groups excluding carboxylic acids is 2. The average Bonchev–Trinajstić information content (AvgIpc) is 3.09. The van der Waals surface area contributed by atoms with E-state index in [1.54, 1.807) is 43.3 Å². The van der Waals surface area contributed by atoms with Crippen LogP contribution in [-0.2, 0) is 19.4 Å². The zero-order valence-corrected chi connectivity index (χ0v) is 21.0. The maximum Gasteiger partial charge on any atom is 0.270 e. The van der Waals surface area contributed by atoms with Crippen molar-refractivity contribution in [3.8, 4) is 6.07 Å². The monoisotopic (exact) mass is 523 g/mol. The van der Waals surface area contributed by atoms with Gasteiger partial charge in [0.15, 0.2) is 0 Å². The average molecular weight is 524 g/mol. The van der Waals surface area contributed by atoms with E-state index in [0.717, 1.165) is 23.0 Å². The van der Waals surface area contributed by atoms with Gasteiger partial charge in [0.2, 0.25) is 0 Å². The van der Waals surface area contributed by atoms with Crippen molar-refractivity contribution in [2.45, 2.75) is 32.4 Å². The normalized spacial score (nSPS) is 13.8. The van der Waals surface area contributed by atoms with Crippen LogP contribution < -0.4 is 10.6 Å². The maximum atomic E-state index is 14.3. The van der Waals surface area contributed by atoms with Crippen LogP contribution in [0.3, 0.4) is 0 Å². The number of aromatic nitrogens is 2. The standard InChI is InChI=1S/C30H23F2N5O2/c1-17-10-19(3-9-25(17)32)15-34-29(38)26-13-27(36-16-35-26)30(39)37-28-23-8-2-18(14-33)11-21(23)5-4-20-6-7-22(31)12-24(20)28/h2-3,6-13,16,28H,4-5,15H2,1H3,(H,34,38)(H,37,39)/t28-/m1/s1. The van der Waals surface area contributed by atoms with E-state index in [4.69, 9.17) is 0 Å². The highest BCUT2D eigenvalue weighted by Gasteiger charge is 2.27. The van der Waals surface area contributed by atoms with Crippen LogP contribution in [-0.4, -0.2) is 21.8 Å². The van der Waals surface area contributed by atoms with Crippen molar-refractivity contribution >= 4 is 11.8 Å². The summed E-state index contributed by atoms with van der Waals surface area (Å²) in [4.78, 5) is 34.1. The number of rotatable bonds is 5. The summed E-state index contributed by atoms with van der Waals surface area (Å²) in [6, 6.07) is 17.0. The summed E-state index contributed by atoms with van der Waals surface area (Å²) < 4.78 is 27.8. The van der Waals surface area contributed by atoms with Gasteiger partial charge in [0.25, 0.3) is 11.8 Å². The number of amides is 2. The molecule has 0 spiro atoms. The summed E-state index contributed by atoms with van der Waals surface area (Å²) in [5.41, 5.74) is 4.77. The summed E-state index contributed by atoms with van der Waals surface area (Å²) in [6.07, 6.45) is 2.37. The number of benzene rings is 3. The van der Waals surface area contributed by atoms with Crippen molar-refractivity contribution in [1.82, 2.24) is 20.6 Å². The molecule has 2 amide bonds. The highest BCUT2D eigenvalue weighted by Crippen LogP contribution is 2.34. The number of nitriles is 1. The van der Waals surface area contributed by atoms with E-state index in [2.05, 4.69) is 26.7 Å². The van der Waals surface area contributed by atoms with Crippen LogP contribution in [0.15, 0.2) is 67.0 Å². The van der Waals surface area contributed by atoms with Crippen LogP contribution in [0.1, 0.15) is 66.0 Å². The third-order valence-electron chi connectivity index (χ3n) is 6.75. The largest absolute Gasteiger partial charge is 0.347 e. The lowest BCUT2D eigenvalue weighted by molar-refractivity contribution is 0.0937. The van der Waals surface area contributed by atoms with Crippen molar-refractivity contribution in [2.24, 2.45) is 0 Å². The van der Waals surface area contributed by atoms with Gasteiger partial charge in [0, 0.05) is 12.6 Å². The van der Waals surface area contributed by atoms with E-state index in [0.29, 0.717) is 35.1 Å². The Morgan fingerprint density at radius 2 is 1.69 bits per heavy atom. The first kappa shape index (κ1) is 25.7. The number of hydrogen-bond donors (Lipinski definition) is 2. The quantitative estimate of drug-likeness (QED) is 0.401. The molecule has 7 nitrogen and oxygen atoms in total. The fourth-order valence-corrected chi connectivity index (χ4v) is 4.73. The summed E-state index contributed by atoms with van der Waals surface area (Å²) in [5.74, 6) is -1.85. The highest BCUT2D eigenvalue weighted by molar-refractivity contribution is 5.97. The van der Waals surface area contributed by atoms with Crippen LogP contribution in [0, 0.1) is 29.9 Å². The van der Waals surface area contributed by atoms with E-state index in [1.165, 1.54) is 24.3 Å². The van der Waals surface area contributed by atoms with Gasteiger partial charge in [0.1, 0.15) is 29.3 Å². The minimum atomic E-state index is -0.692. The second-order valence-corrected chi connectivity index (χ2v) is 9.33. The predicted molar refractivity (Wildman–Crippen MR) is 139 cm³/mol. The molecule has 0 aliphatic heterocycles. The van der Waals surface area contributed by atoms with Crippen molar-refractivity contribution in [3.05, 3.63) is 129 Å². The van der Waals surface area contributed by atoms with Gasteiger partial charge in [-0.15, -0.1) is 0 Å². The Kier molecular flexibility index (Phi) is 7.10. The smallest absolute Gasteiger partial charge is 0.270 e. The summed E-state index contributed by atoms with van der Waals surface area (Å²) in [6.45, 7) is 1.79. The molecule has 1 aliphatic rings. The highest BCUT2D eigenvalue weighted by atomic mass is 19.1. The fourth-order valence-electron chi connectivity index (χ4n) is 4.73. The molecule has 39 heavy (non-hydrogen) atoms. The molecule has 3 aromatic carbocycles. The van der Waals surface area contributed by atoms with Crippen LogP contribution >= 0.6 is 0 Å². The Labute approximate surface area is 223 Å². The lowest BCUT2D eigenvalue weighted by Gasteiger charge is -2.22. The molecular weight excluding hydrogens is 500 g/mol. The van der Waals surface area contributed by atoms with Crippen LogP contribution in [0.5, 0.6) is 0 Å². The molecule has 9 heteroatoms. The summed E-state index contributed by atoms with van der Waals surface area (Å²) in [7, 11) is 0. The predicted octanol–water partition coefficient (Wildman–Crippen LogP) is 4.48. The second kappa shape index (κ2) is 10.8. The number of nitrogens with one attached hydrogen (secondary N) is 2. The number of fused-ring (bicyclic) bond motifs is 2. The van der Waals surface area contributed by atoms with Crippen molar-refractivity contribution in [3.63, 3.8) is 0 Å². The summed E-state index contributed by atoms with van der Waals surface area (Å²) >= 11 is 0. The number of hydrogen-bond acceptors (Lipinski definition) is 5. The summed E-state index contributed by atoms with van der Waals surface area (Å²) in [5, 5.41) is 15.0. The lowest BCUT2D eigenvalue weighted by Crippen LogP contribution is -2.31. The molecule has 0 radical (unpaired) electrons. The van der Waals surface area contributed by atoms with Gasteiger partial charge in [-0.1, -0.05) is 24.3 Å². The molecule has 194 valence electrons. The van der Waals surface area contributed by atoms with Gasteiger partial charge in [-0.05, 0) is 83.5 Å². The molecule has 0 fully saturated rings. The number of carbonyl (C=O) groups is 2. The van der Waals surface area contributed by atoms with Gasteiger partial charge in [-0.25, -0.2) is 18.7 Å². The molecule has 0 saturated heterocycles. The van der Waals surface area contributed by atoms with Crippen molar-refractivity contribution in [2.75, 3.05) is 0 Å². The molecule has 4 aromatic rings. The van der Waals surface area contributed by atoms with Crippen LogP contribution in [0.2, 0.25) is 0 Å². The lowest BCUT2D eigenvalue weighted by atomic mass is 9.93. The Morgan fingerprint density at radius 3 is 2.46 bits per heavy atom. The van der Waals surface area contributed by atoms with Gasteiger partial charge in [-0.2, -0.15) is 5.26 Å². The van der Waals surface area contributed by atoms with Crippen LogP contribution in [0.4, 0.5) is 8.78 Å². The third kappa shape index (κ3) is 5.50. The Balaban J connectivity index is 1.39. The first-order valence-corrected chi connectivity index (χ1v) is 12.3. The Hall–Kier alpha value is -4.97. The zero-order chi connectivity index (χ0) is 27.5. The van der Waals surface area contributed by atoms with E-state index >= 15 is 0 Å². The Morgan fingerprint density at radius 1 is 0.923 bits per heavy atom. The SMILES string of the molecule is Cc1cc(CNC(=O)c2cc(C(=O)N[C@@H]3c4ccc(C#N)cc4CCc4ccc(F)cc43)ncn2)ccc1F. The van der Waals surface area contributed by atoms with Gasteiger partial charge in [-0.3, -0.25) is 9.59 Å². The molecule has 1 heterocycles. The molecule has 1 atom stereocenters. The molecule has 2 N–H and O–H groups in total. The third-order valence-corrected chi connectivity index (χ3v) is 6.75. The van der Waals surface area contributed by atoms with E-state index in [9.17, 15) is 23.6 Å². The molecule has 0 saturated carbocycles. The number of aryl methyl sites for hydroxylation is 3. The maximum absolute atomic E-state index is 14.3. The molecule has 1 aromatic heterocycles. The first-order chi connectivity index (χ1) is 18.8. The number of nitrogens with zero attached hydrogens (tertiary/aromatic N) is 3. The van der Waals surface area contributed by atoms with Gasteiger partial charge >= 0.3 is 0 Å². The fraction of sp³-hybridized carbons (Fsp3) is 0.167. The molecule has 1 aliphatic carbocycles. The van der Waals surface area contributed by atoms with Crippen molar-refractivity contribution in [1.29, 1.82) is 5.26 Å². The van der Waals surface area contributed by atoms with E-state index in [1.807, 2.05) is 0 Å². The van der Waals surface area contributed by atoms with Crippen LogP contribution in [0.25, 0.3) is 0 Å². The Bertz CT molecular complexity index is 1650. The molecule has 5 rings (SSSR count). The minimum Gasteiger partial charge on any atom is -0.347 e. The van der Waals surface area contributed by atoms with E-state index < -0.39 is 23.7 Å². The van der Waals surface area contributed by atoms with Crippen molar-refractivity contribution < 1.29 is 18.4 Å². The van der Waals surface area contributed by atoms with E-state index in [-0.39, 0.29) is 23.7 Å². The topological polar surface area (TPSA) is 108 Å². The molecule has 0 unspecified atom stereocenters. The van der Waals surface area contributed by atoms with Gasteiger partial charge in [0.05, 0.1) is 17.7 Å². The second-order valence-electron chi connectivity index (χ2n) is 9.33. The van der Waals surface area contributed by atoms with Gasteiger partial charge < -0.3 is 10.6 Å². The molecular formula is C30H23F2N5O2. The first-order valence-electron chi connectivity index (χ1n) is 12.3. The number of halogens is 2. The molecule has 0 bridgehead atoms. The zero-order valence-electron chi connectivity index (χ0n) is 21.0. The minimum absolute atomic E-state index is 0.0136.